The van der Waals surface area contributed by atoms with Crippen LogP contribution in [0, 0.1) is 0 Å². The average molecular weight is 316 g/mol. The number of benzene rings is 1. The molecule has 1 aromatic rings. The molecule has 22 heavy (non-hydrogen) atoms. The molecule has 1 rings (SSSR count). The zero-order valence-corrected chi connectivity index (χ0v) is 11.7. The number of carbonyl (C=O) groups is 3. The topological polar surface area (TPSA) is 89.3 Å². The number of alkyl halides is 3. The number of hydrogen-bond donors (Lipinski definition) is 2. The van der Waals surface area contributed by atoms with Crippen LogP contribution in [0.25, 0.3) is 0 Å². The Labute approximate surface area is 124 Å². The van der Waals surface area contributed by atoms with Gasteiger partial charge < -0.3 is 15.8 Å². The van der Waals surface area contributed by atoms with E-state index in [1.165, 1.54) is 13.0 Å². The van der Waals surface area contributed by atoms with Crippen molar-refractivity contribution in [3.8, 4) is 0 Å². The minimum absolute atomic E-state index is 0.0190. The van der Waals surface area contributed by atoms with Crippen LogP contribution < -0.4 is 11.1 Å². The first-order chi connectivity index (χ1) is 10.1. The van der Waals surface area contributed by atoms with Crippen molar-refractivity contribution >= 4 is 17.6 Å². The Morgan fingerprint density at radius 2 is 1.82 bits per heavy atom. The van der Waals surface area contributed by atoms with Gasteiger partial charge in [-0.3, -0.25) is 9.59 Å². The molecule has 0 aromatic heterocycles. The summed E-state index contributed by atoms with van der Waals surface area (Å²) in [5.41, 5.74) is 3.37. The summed E-state index contributed by atoms with van der Waals surface area (Å²) in [5.74, 6) is -2.21. The van der Waals surface area contributed by atoms with Crippen molar-refractivity contribution in [2.45, 2.75) is 32.0 Å². The zero-order chi connectivity index (χ0) is 16.9. The molecule has 0 saturated carbocycles. The molecule has 0 radical (unpaired) electrons. The SMILES string of the molecule is CC(=O)CC[C@H](NC(=O)c1ccccc1C(F)(F)F)C(N)=O. The molecule has 0 bridgehead atoms. The molecule has 1 aromatic carbocycles. The quantitative estimate of drug-likeness (QED) is 0.836. The van der Waals surface area contributed by atoms with Crippen LogP contribution in [0.2, 0.25) is 0 Å². The molecule has 120 valence electrons. The lowest BCUT2D eigenvalue weighted by atomic mass is 10.0. The first-order valence-electron chi connectivity index (χ1n) is 6.38. The van der Waals surface area contributed by atoms with Gasteiger partial charge in [-0.1, -0.05) is 12.1 Å². The maximum atomic E-state index is 12.8. The van der Waals surface area contributed by atoms with E-state index in [2.05, 4.69) is 5.32 Å². The van der Waals surface area contributed by atoms with Crippen LogP contribution in [0.5, 0.6) is 0 Å². The van der Waals surface area contributed by atoms with E-state index in [1.54, 1.807) is 0 Å². The Hall–Kier alpha value is -2.38. The van der Waals surface area contributed by atoms with Crippen LogP contribution >= 0.6 is 0 Å². The molecule has 0 saturated heterocycles. The number of halogens is 3. The van der Waals surface area contributed by atoms with E-state index < -0.39 is 35.2 Å². The van der Waals surface area contributed by atoms with Gasteiger partial charge in [0.05, 0.1) is 11.1 Å². The second-order valence-electron chi connectivity index (χ2n) is 4.71. The Morgan fingerprint density at radius 1 is 1.23 bits per heavy atom. The number of Topliss-reactive ketones (excluding diaryl/α,β-unsaturated/α-hetero) is 1. The molecule has 8 heteroatoms. The number of carbonyl (C=O) groups excluding carboxylic acids is 3. The number of nitrogens with two attached hydrogens (primary N) is 1. The second kappa shape index (κ2) is 7.06. The number of hydrogen-bond acceptors (Lipinski definition) is 3. The molecule has 5 nitrogen and oxygen atoms in total. The van der Waals surface area contributed by atoms with Gasteiger partial charge in [0.15, 0.2) is 0 Å². The molecule has 0 fully saturated rings. The minimum atomic E-state index is -4.70. The van der Waals surface area contributed by atoms with E-state index in [-0.39, 0.29) is 18.6 Å². The molecule has 3 N–H and O–H groups in total. The summed E-state index contributed by atoms with van der Waals surface area (Å²) in [6, 6.07) is 2.99. The molecule has 2 amide bonds. The van der Waals surface area contributed by atoms with Crippen molar-refractivity contribution in [2.24, 2.45) is 5.73 Å². The summed E-state index contributed by atoms with van der Waals surface area (Å²) in [4.78, 5) is 34.1. The van der Waals surface area contributed by atoms with Crippen LogP contribution in [0.4, 0.5) is 13.2 Å². The summed E-state index contributed by atoms with van der Waals surface area (Å²) < 4.78 is 38.5. The second-order valence-corrected chi connectivity index (χ2v) is 4.71. The van der Waals surface area contributed by atoms with Crippen molar-refractivity contribution in [2.75, 3.05) is 0 Å². The van der Waals surface area contributed by atoms with Crippen LogP contribution in [-0.4, -0.2) is 23.6 Å². The Bertz CT molecular complexity index is 585. The van der Waals surface area contributed by atoms with Crippen molar-refractivity contribution in [1.82, 2.24) is 5.32 Å². The van der Waals surface area contributed by atoms with E-state index >= 15 is 0 Å². The Morgan fingerprint density at radius 3 is 2.32 bits per heavy atom. The normalized spacial score (nSPS) is 12.5. The van der Waals surface area contributed by atoms with E-state index in [0.29, 0.717) is 0 Å². The molecule has 0 unspecified atom stereocenters. The van der Waals surface area contributed by atoms with E-state index in [4.69, 9.17) is 5.73 Å². The third-order valence-corrected chi connectivity index (χ3v) is 2.91. The van der Waals surface area contributed by atoms with Gasteiger partial charge in [-0.15, -0.1) is 0 Å². The Kier molecular flexibility index (Phi) is 5.67. The van der Waals surface area contributed by atoms with E-state index in [0.717, 1.165) is 18.2 Å². The summed E-state index contributed by atoms with van der Waals surface area (Å²) >= 11 is 0. The Balaban J connectivity index is 2.96. The smallest absolute Gasteiger partial charge is 0.368 e. The fourth-order valence-electron chi connectivity index (χ4n) is 1.80. The molecule has 0 heterocycles. The number of nitrogens with one attached hydrogen (secondary N) is 1. The zero-order valence-electron chi connectivity index (χ0n) is 11.7. The average Bonchev–Trinajstić information content (AvgIpc) is 2.41. The fraction of sp³-hybridized carbons (Fsp3) is 0.357. The van der Waals surface area contributed by atoms with Gasteiger partial charge in [0.25, 0.3) is 5.91 Å². The van der Waals surface area contributed by atoms with Crippen molar-refractivity contribution < 1.29 is 27.6 Å². The first kappa shape index (κ1) is 17.7. The van der Waals surface area contributed by atoms with Gasteiger partial charge in [-0.05, 0) is 25.5 Å². The first-order valence-corrected chi connectivity index (χ1v) is 6.38. The molecule has 0 aliphatic carbocycles. The number of ketones is 1. The summed E-state index contributed by atoms with van der Waals surface area (Å²) in [6.07, 6.45) is -4.78. The lowest BCUT2D eigenvalue weighted by Crippen LogP contribution is -2.45. The maximum absolute atomic E-state index is 12.8. The van der Waals surface area contributed by atoms with Crippen molar-refractivity contribution in [3.63, 3.8) is 0 Å². The highest BCUT2D eigenvalue weighted by atomic mass is 19.4. The van der Waals surface area contributed by atoms with Crippen LogP contribution in [0.3, 0.4) is 0 Å². The largest absolute Gasteiger partial charge is 0.417 e. The van der Waals surface area contributed by atoms with E-state index in [1.807, 2.05) is 0 Å². The van der Waals surface area contributed by atoms with Gasteiger partial charge in [-0.2, -0.15) is 13.2 Å². The van der Waals surface area contributed by atoms with Gasteiger partial charge >= 0.3 is 6.18 Å². The predicted octanol–water partition coefficient (Wildman–Crippen LogP) is 1.66. The number of primary amides is 1. The lowest BCUT2D eigenvalue weighted by Gasteiger charge is -2.17. The monoisotopic (exact) mass is 316 g/mol. The fourth-order valence-corrected chi connectivity index (χ4v) is 1.80. The molecule has 0 spiro atoms. The molecular weight excluding hydrogens is 301 g/mol. The molecule has 0 aliphatic heterocycles. The van der Waals surface area contributed by atoms with Gasteiger partial charge in [0, 0.05) is 6.42 Å². The van der Waals surface area contributed by atoms with Crippen LogP contribution in [0.15, 0.2) is 24.3 Å². The van der Waals surface area contributed by atoms with Crippen molar-refractivity contribution in [3.05, 3.63) is 35.4 Å². The highest BCUT2D eigenvalue weighted by molar-refractivity contribution is 5.98. The van der Waals surface area contributed by atoms with Crippen molar-refractivity contribution in [1.29, 1.82) is 0 Å². The number of amides is 2. The van der Waals surface area contributed by atoms with Gasteiger partial charge in [0.2, 0.25) is 5.91 Å². The minimum Gasteiger partial charge on any atom is -0.368 e. The third-order valence-electron chi connectivity index (χ3n) is 2.91. The molecular formula is C14H15F3N2O3. The predicted molar refractivity (Wildman–Crippen MR) is 71.8 cm³/mol. The molecule has 0 aliphatic rings. The van der Waals surface area contributed by atoms with Crippen LogP contribution in [-0.2, 0) is 15.8 Å². The summed E-state index contributed by atoms with van der Waals surface area (Å²) in [6.45, 7) is 1.29. The van der Waals surface area contributed by atoms with Gasteiger partial charge in [-0.25, -0.2) is 0 Å². The highest BCUT2D eigenvalue weighted by Gasteiger charge is 2.35. The van der Waals surface area contributed by atoms with Gasteiger partial charge in [0.1, 0.15) is 11.8 Å². The standard InChI is InChI=1S/C14H15F3N2O3/c1-8(20)6-7-11(12(18)21)19-13(22)9-4-2-3-5-10(9)14(15,16)17/h2-5,11H,6-7H2,1H3,(H2,18,21)(H,19,22)/t11-/m0/s1. The highest BCUT2D eigenvalue weighted by Crippen LogP contribution is 2.31. The third kappa shape index (κ3) is 4.87. The molecule has 1 atom stereocenters. The van der Waals surface area contributed by atoms with Crippen LogP contribution in [0.1, 0.15) is 35.7 Å². The maximum Gasteiger partial charge on any atom is 0.417 e. The lowest BCUT2D eigenvalue weighted by molar-refractivity contribution is -0.138. The number of rotatable bonds is 6. The summed E-state index contributed by atoms with van der Waals surface area (Å²) in [7, 11) is 0. The summed E-state index contributed by atoms with van der Waals surface area (Å²) in [5, 5.41) is 2.13. The van der Waals surface area contributed by atoms with E-state index in [9.17, 15) is 27.6 Å².